The number of likely N-dealkylation sites (tertiary alicyclic amines) is 1. The minimum Gasteiger partial charge on any atom is -0.377 e. The largest absolute Gasteiger partial charge is 0.377 e. The van der Waals surface area contributed by atoms with Crippen molar-refractivity contribution in [3.63, 3.8) is 0 Å². The molecule has 114 valence electrons. The predicted molar refractivity (Wildman–Crippen MR) is 83.5 cm³/mol. The van der Waals surface area contributed by atoms with E-state index in [0.29, 0.717) is 5.54 Å². The summed E-state index contributed by atoms with van der Waals surface area (Å²) in [6, 6.07) is 0. The zero-order valence-electron chi connectivity index (χ0n) is 14.0. The van der Waals surface area contributed by atoms with Crippen molar-refractivity contribution in [1.29, 1.82) is 0 Å². The molecule has 0 aliphatic carbocycles. The van der Waals surface area contributed by atoms with Crippen LogP contribution in [0.4, 0.5) is 0 Å². The summed E-state index contributed by atoms with van der Waals surface area (Å²) in [5.74, 6) is 2.65. The maximum atomic E-state index is 5.58. The Labute approximate surface area is 120 Å². The van der Waals surface area contributed by atoms with Crippen LogP contribution in [-0.4, -0.2) is 37.2 Å². The van der Waals surface area contributed by atoms with Crippen molar-refractivity contribution < 1.29 is 4.74 Å². The quantitative estimate of drug-likeness (QED) is 0.758. The summed E-state index contributed by atoms with van der Waals surface area (Å²) in [5, 5.41) is 0. The van der Waals surface area contributed by atoms with E-state index in [1.165, 1.54) is 32.2 Å². The van der Waals surface area contributed by atoms with Crippen LogP contribution in [-0.2, 0) is 4.74 Å². The number of ether oxygens (including phenoxy) is 1. The molecule has 2 aliphatic heterocycles. The molecule has 0 aromatic rings. The topological polar surface area (TPSA) is 12.5 Å². The molecular formula is C17H35NO. The number of nitrogens with zero attached hydrogens (tertiary/aromatic N) is 1. The monoisotopic (exact) mass is 269 g/mol. The van der Waals surface area contributed by atoms with E-state index < -0.39 is 0 Å². The van der Waals surface area contributed by atoms with Crippen LogP contribution in [0.15, 0.2) is 0 Å². The second kappa shape index (κ2) is 7.64. The van der Waals surface area contributed by atoms with Gasteiger partial charge in [-0.2, -0.15) is 0 Å². The Morgan fingerprint density at radius 3 is 2.32 bits per heavy atom. The van der Waals surface area contributed by atoms with Gasteiger partial charge in [0.2, 0.25) is 0 Å². The van der Waals surface area contributed by atoms with Gasteiger partial charge in [-0.3, -0.25) is 4.90 Å². The lowest BCUT2D eigenvalue weighted by Crippen LogP contribution is -2.69. The van der Waals surface area contributed by atoms with Gasteiger partial charge in [0.05, 0.1) is 18.8 Å². The van der Waals surface area contributed by atoms with E-state index >= 15 is 0 Å². The summed E-state index contributed by atoms with van der Waals surface area (Å²) in [4.78, 5) is 2.59. The third-order valence-corrected chi connectivity index (χ3v) is 5.44. The number of hydrogen-bond donors (Lipinski definition) is 0. The highest BCUT2D eigenvalue weighted by atomic mass is 16.5. The van der Waals surface area contributed by atoms with Crippen LogP contribution in [0.2, 0.25) is 0 Å². The molecule has 2 rings (SSSR count). The van der Waals surface area contributed by atoms with Gasteiger partial charge in [0.25, 0.3) is 0 Å². The van der Waals surface area contributed by atoms with Crippen molar-refractivity contribution in [3.05, 3.63) is 0 Å². The molecule has 2 nitrogen and oxygen atoms in total. The molecule has 2 saturated heterocycles. The van der Waals surface area contributed by atoms with Crippen LogP contribution in [0.3, 0.4) is 0 Å². The molecular weight excluding hydrogens is 234 g/mol. The van der Waals surface area contributed by atoms with Gasteiger partial charge in [0, 0.05) is 0 Å². The van der Waals surface area contributed by atoms with Gasteiger partial charge in [0.15, 0.2) is 0 Å². The Morgan fingerprint density at radius 1 is 1.26 bits per heavy atom. The Bertz CT molecular complexity index is 250. The van der Waals surface area contributed by atoms with E-state index in [1.807, 2.05) is 13.8 Å². The molecule has 2 heteroatoms. The molecule has 0 amide bonds. The van der Waals surface area contributed by atoms with E-state index in [9.17, 15) is 0 Å². The van der Waals surface area contributed by atoms with Crippen molar-refractivity contribution in [1.82, 2.24) is 4.90 Å². The lowest BCUT2D eigenvalue weighted by Gasteiger charge is -2.59. The van der Waals surface area contributed by atoms with Crippen molar-refractivity contribution >= 4 is 0 Å². The van der Waals surface area contributed by atoms with E-state index in [-0.39, 0.29) is 0 Å². The van der Waals surface area contributed by atoms with Crippen molar-refractivity contribution in [2.75, 3.05) is 26.8 Å². The highest BCUT2D eigenvalue weighted by molar-refractivity contribution is 5.06. The Morgan fingerprint density at radius 2 is 1.89 bits per heavy atom. The molecule has 0 saturated carbocycles. The van der Waals surface area contributed by atoms with E-state index in [2.05, 4.69) is 32.7 Å². The SMILES string of the molecule is CC.CCCC1C(C(C)CC)CCN(C)C12COC2. The van der Waals surface area contributed by atoms with Gasteiger partial charge < -0.3 is 4.74 Å². The smallest absolute Gasteiger partial charge is 0.0707 e. The maximum Gasteiger partial charge on any atom is 0.0707 e. The van der Waals surface area contributed by atoms with Crippen molar-refractivity contribution in [2.45, 2.75) is 65.8 Å². The average Bonchev–Trinajstić information content (AvgIpc) is 2.39. The van der Waals surface area contributed by atoms with Crippen LogP contribution < -0.4 is 0 Å². The van der Waals surface area contributed by atoms with Crippen LogP contribution >= 0.6 is 0 Å². The predicted octanol–water partition coefficient (Wildman–Crippen LogP) is 4.20. The molecule has 2 heterocycles. The van der Waals surface area contributed by atoms with E-state index in [0.717, 1.165) is 31.0 Å². The summed E-state index contributed by atoms with van der Waals surface area (Å²) in [6.07, 6.45) is 5.40. The number of hydrogen-bond acceptors (Lipinski definition) is 2. The van der Waals surface area contributed by atoms with E-state index in [1.54, 1.807) is 0 Å². The van der Waals surface area contributed by atoms with Gasteiger partial charge in [-0.1, -0.05) is 47.5 Å². The van der Waals surface area contributed by atoms with Gasteiger partial charge in [-0.25, -0.2) is 0 Å². The summed E-state index contributed by atoms with van der Waals surface area (Å²) >= 11 is 0. The van der Waals surface area contributed by atoms with Crippen molar-refractivity contribution in [2.24, 2.45) is 17.8 Å². The van der Waals surface area contributed by atoms with Crippen molar-refractivity contribution in [3.8, 4) is 0 Å². The highest BCUT2D eigenvalue weighted by Gasteiger charge is 2.53. The summed E-state index contributed by atoms with van der Waals surface area (Å²) in [5.41, 5.74) is 0.391. The Balaban J connectivity index is 0.000000861. The van der Waals surface area contributed by atoms with E-state index in [4.69, 9.17) is 4.74 Å². The normalized spacial score (nSPS) is 31.3. The Kier molecular flexibility index (Phi) is 6.82. The average molecular weight is 269 g/mol. The van der Waals surface area contributed by atoms with Gasteiger partial charge in [0.1, 0.15) is 0 Å². The first-order chi connectivity index (χ1) is 9.15. The molecule has 2 aliphatic rings. The lowest BCUT2D eigenvalue weighted by molar-refractivity contribution is -0.196. The van der Waals surface area contributed by atoms with Crippen LogP contribution in [0, 0.1) is 17.8 Å². The first kappa shape index (κ1) is 17.0. The fourth-order valence-electron chi connectivity index (χ4n) is 3.97. The van der Waals surface area contributed by atoms with Gasteiger partial charge in [-0.05, 0) is 44.2 Å². The molecule has 0 N–H and O–H groups in total. The summed E-state index contributed by atoms with van der Waals surface area (Å²) in [7, 11) is 2.30. The number of piperidine rings is 1. The fraction of sp³-hybridized carbons (Fsp3) is 1.00. The number of rotatable bonds is 4. The molecule has 0 aromatic heterocycles. The minimum atomic E-state index is 0.391. The molecule has 1 spiro atoms. The standard InChI is InChI=1S/C15H29NO.C2H6/c1-5-7-14-13(12(3)6-2)8-9-16(4)15(14)10-17-11-15;1-2/h12-14H,5-11H2,1-4H3;1-2H3. The zero-order chi connectivity index (χ0) is 14.5. The third-order valence-electron chi connectivity index (χ3n) is 5.44. The Hall–Kier alpha value is -0.0800. The molecule has 0 radical (unpaired) electrons. The lowest BCUT2D eigenvalue weighted by atomic mass is 9.63. The molecule has 3 atom stereocenters. The summed E-state index contributed by atoms with van der Waals surface area (Å²) in [6.45, 7) is 14.3. The van der Waals surface area contributed by atoms with Gasteiger partial charge >= 0.3 is 0 Å². The van der Waals surface area contributed by atoms with Crippen LogP contribution in [0.25, 0.3) is 0 Å². The second-order valence-corrected chi connectivity index (χ2v) is 6.25. The second-order valence-electron chi connectivity index (χ2n) is 6.25. The first-order valence-corrected chi connectivity index (χ1v) is 8.44. The maximum absolute atomic E-state index is 5.58. The van der Waals surface area contributed by atoms with Gasteiger partial charge in [-0.15, -0.1) is 0 Å². The fourth-order valence-corrected chi connectivity index (χ4v) is 3.97. The summed E-state index contributed by atoms with van der Waals surface area (Å²) < 4.78 is 5.58. The third kappa shape index (κ3) is 3.16. The van der Waals surface area contributed by atoms with Crippen LogP contribution in [0.5, 0.6) is 0 Å². The first-order valence-electron chi connectivity index (χ1n) is 8.44. The minimum absolute atomic E-state index is 0.391. The highest BCUT2D eigenvalue weighted by Crippen LogP contribution is 2.47. The molecule has 0 bridgehead atoms. The molecule has 2 fully saturated rings. The molecule has 0 aromatic carbocycles. The van der Waals surface area contributed by atoms with Crippen LogP contribution in [0.1, 0.15) is 60.3 Å². The molecule has 3 unspecified atom stereocenters. The zero-order valence-corrected chi connectivity index (χ0v) is 14.0. The molecule has 19 heavy (non-hydrogen) atoms. The number of likely N-dealkylation sites (N-methyl/N-ethyl adjacent to an activating group) is 1.